The highest BCUT2D eigenvalue weighted by atomic mass is 35.5. The van der Waals surface area contributed by atoms with Crippen LogP contribution in [0.3, 0.4) is 0 Å². The van der Waals surface area contributed by atoms with Crippen LogP contribution in [-0.4, -0.2) is 74.3 Å². The number of fused-ring (bicyclic) bond motifs is 1. The van der Waals surface area contributed by atoms with Crippen molar-refractivity contribution < 1.29 is 14.0 Å². The highest BCUT2D eigenvalue weighted by Crippen LogP contribution is 2.25. The van der Waals surface area contributed by atoms with Crippen LogP contribution in [0, 0.1) is 5.82 Å². The maximum atomic E-state index is 13.4. The highest BCUT2D eigenvalue weighted by molar-refractivity contribution is 6.31. The number of anilines is 3. The first kappa shape index (κ1) is 22.6. The Morgan fingerprint density at radius 1 is 1.12 bits per heavy atom. The number of halogens is 2. The molecule has 1 fully saturated rings. The van der Waals surface area contributed by atoms with Crippen molar-refractivity contribution in [3.63, 3.8) is 0 Å². The molecule has 172 valence electrons. The first-order valence-corrected chi connectivity index (χ1v) is 10.8. The SMILES string of the molecule is CC(=O)N1CCN(C(=O)CCNc2ncc3ncnc(Nc4ccc(F)c(Cl)c4)c3n2)CC1. The molecule has 10 nitrogen and oxygen atoms in total. The fourth-order valence-electron chi connectivity index (χ4n) is 3.45. The minimum absolute atomic E-state index is 0.00497. The summed E-state index contributed by atoms with van der Waals surface area (Å²) >= 11 is 5.85. The average Bonchev–Trinajstić information content (AvgIpc) is 2.82. The number of rotatable bonds is 6. The summed E-state index contributed by atoms with van der Waals surface area (Å²) in [6.07, 6.45) is 3.20. The van der Waals surface area contributed by atoms with E-state index in [1.807, 2.05) is 0 Å². The molecule has 2 aromatic heterocycles. The standard InChI is InChI=1S/C21H22ClFN8O2/c1-13(32)30-6-8-31(9-7-30)18(33)4-5-24-21-25-11-17-19(29-21)20(27-12-26-17)28-14-2-3-16(23)15(22)10-14/h2-3,10-12H,4-9H2,1H3,(H,24,25,29)(H,26,27,28). The van der Waals surface area contributed by atoms with E-state index in [1.165, 1.54) is 31.5 Å². The van der Waals surface area contributed by atoms with Gasteiger partial charge in [-0.1, -0.05) is 11.6 Å². The summed E-state index contributed by atoms with van der Waals surface area (Å²) < 4.78 is 13.4. The zero-order valence-corrected chi connectivity index (χ0v) is 18.6. The third kappa shape index (κ3) is 5.43. The molecular formula is C21H22ClFN8O2. The van der Waals surface area contributed by atoms with E-state index >= 15 is 0 Å². The third-order valence-corrected chi connectivity index (χ3v) is 5.55. The molecule has 1 aliphatic heterocycles. The van der Waals surface area contributed by atoms with Gasteiger partial charge in [-0.15, -0.1) is 0 Å². The molecule has 2 amide bonds. The summed E-state index contributed by atoms with van der Waals surface area (Å²) in [5, 5.41) is 6.10. The van der Waals surface area contributed by atoms with E-state index in [0.29, 0.717) is 61.2 Å². The second-order valence-electron chi connectivity index (χ2n) is 7.47. The van der Waals surface area contributed by atoms with Crippen molar-refractivity contribution in [2.75, 3.05) is 43.4 Å². The Bertz CT molecular complexity index is 1190. The number of hydrogen-bond acceptors (Lipinski definition) is 8. The Balaban J connectivity index is 1.38. The van der Waals surface area contributed by atoms with Gasteiger partial charge in [-0.2, -0.15) is 0 Å². The van der Waals surface area contributed by atoms with Crippen LogP contribution < -0.4 is 10.6 Å². The fraction of sp³-hybridized carbons (Fsp3) is 0.333. The van der Waals surface area contributed by atoms with E-state index in [-0.39, 0.29) is 23.3 Å². The molecule has 3 aromatic rings. The molecule has 1 saturated heterocycles. The minimum Gasteiger partial charge on any atom is -0.354 e. The van der Waals surface area contributed by atoms with Crippen molar-refractivity contribution >= 4 is 51.9 Å². The van der Waals surface area contributed by atoms with E-state index in [0.717, 1.165) is 0 Å². The van der Waals surface area contributed by atoms with Crippen LogP contribution >= 0.6 is 11.6 Å². The normalized spacial score (nSPS) is 13.8. The lowest BCUT2D eigenvalue weighted by Gasteiger charge is -2.34. The zero-order valence-electron chi connectivity index (χ0n) is 17.9. The number of hydrogen-bond donors (Lipinski definition) is 2. The molecule has 0 bridgehead atoms. The molecule has 1 aliphatic rings. The Labute approximate surface area is 194 Å². The van der Waals surface area contributed by atoms with Crippen LogP contribution in [0.25, 0.3) is 11.0 Å². The van der Waals surface area contributed by atoms with Crippen molar-refractivity contribution in [3.05, 3.63) is 41.6 Å². The summed E-state index contributed by atoms with van der Waals surface area (Å²) in [7, 11) is 0. The van der Waals surface area contributed by atoms with Gasteiger partial charge in [-0.25, -0.2) is 24.3 Å². The average molecular weight is 473 g/mol. The maximum absolute atomic E-state index is 13.4. The lowest BCUT2D eigenvalue weighted by molar-refractivity contribution is -0.138. The van der Waals surface area contributed by atoms with E-state index in [1.54, 1.807) is 16.0 Å². The van der Waals surface area contributed by atoms with Gasteiger partial charge in [-0.05, 0) is 18.2 Å². The summed E-state index contributed by atoms with van der Waals surface area (Å²) in [4.78, 5) is 44.5. The van der Waals surface area contributed by atoms with Crippen LogP contribution in [0.1, 0.15) is 13.3 Å². The molecule has 2 N–H and O–H groups in total. The number of aromatic nitrogens is 4. The number of benzene rings is 1. The molecule has 12 heteroatoms. The molecule has 3 heterocycles. The molecule has 4 rings (SSSR count). The fourth-order valence-corrected chi connectivity index (χ4v) is 3.63. The van der Waals surface area contributed by atoms with Gasteiger partial charge in [0, 0.05) is 51.8 Å². The number of carbonyl (C=O) groups is 2. The Hall–Kier alpha value is -3.60. The Kier molecular flexibility index (Phi) is 6.78. The summed E-state index contributed by atoms with van der Waals surface area (Å²) in [6.45, 7) is 4.05. The highest BCUT2D eigenvalue weighted by Gasteiger charge is 2.22. The minimum atomic E-state index is -0.515. The van der Waals surface area contributed by atoms with Crippen LogP contribution in [0.15, 0.2) is 30.7 Å². The third-order valence-electron chi connectivity index (χ3n) is 5.26. The van der Waals surface area contributed by atoms with Crippen molar-refractivity contribution in [1.82, 2.24) is 29.7 Å². The molecule has 0 saturated carbocycles. The molecule has 0 unspecified atom stereocenters. The van der Waals surface area contributed by atoms with Crippen LogP contribution in [0.5, 0.6) is 0 Å². The molecule has 0 spiro atoms. The number of nitrogens with zero attached hydrogens (tertiary/aromatic N) is 6. The van der Waals surface area contributed by atoms with Gasteiger partial charge in [0.2, 0.25) is 17.8 Å². The van der Waals surface area contributed by atoms with Gasteiger partial charge in [0.1, 0.15) is 23.2 Å². The van der Waals surface area contributed by atoms with E-state index in [9.17, 15) is 14.0 Å². The van der Waals surface area contributed by atoms with E-state index in [2.05, 4.69) is 30.6 Å². The number of carbonyl (C=O) groups excluding carboxylic acids is 2. The van der Waals surface area contributed by atoms with Crippen LogP contribution in [0.2, 0.25) is 5.02 Å². The quantitative estimate of drug-likeness (QED) is 0.562. The Morgan fingerprint density at radius 2 is 1.88 bits per heavy atom. The first-order chi connectivity index (χ1) is 15.9. The predicted octanol–water partition coefficient (Wildman–Crippen LogP) is 2.45. The molecule has 0 radical (unpaired) electrons. The summed E-state index contributed by atoms with van der Waals surface area (Å²) in [6, 6.07) is 4.25. The maximum Gasteiger partial charge on any atom is 0.224 e. The van der Waals surface area contributed by atoms with Gasteiger partial charge in [0.05, 0.1) is 11.2 Å². The van der Waals surface area contributed by atoms with Gasteiger partial charge in [0.15, 0.2) is 5.82 Å². The van der Waals surface area contributed by atoms with Crippen molar-refractivity contribution in [2.45, 2.75) is 13.3 Å². The van der Waals surface area contributed by atoms with Crippen molar-refractivity contribution in [3.8, 4) is 0 Å². The van der Waals surface area contributed by atoms with Gasteiger partial charge >= 0.3 is 0 Å². The topological polar surface area (TPSA) is 116 Å². The monoisotopic (exact) mass is 472 g/mol. The Morgan fingerprint density at radius 3 is 2.61 bits per heavy atom. The number of amides is 2. The van der Waals surface area contributed by atoms with Crippen molar-refractivity contribution in [1.29, 1.82) is 0 Å². The number of nitrogens with one attached hydrogen (secondary N) is 2. The number of piperazine rings is 1. The van der Waals surface area contributed by atoms with E-state index < -0.39 is 5.82 Å². The predicted molar refractivity (Wildman–Crippen MR) is 122 cm³/mol. The molecular weight excluding hydrogens is 451 g/mol. The zero-order chi connectivity index (χ0) is 23.4. The van der Waals surface area contributed by atoms with Gasteiger partial charge in [0.25, 0.3) is 0 Å². The van der Waals surface area contributed by atoms with Gasteiger partial charge in [-0.3, -0.25) is 9.59 Å². The largest absolute Gasteiger partial charge is 0.354 e. The van der Waals surface area contributed by atoms with E-state index in [4.69, 9.17) is 11.6 Å². The molecule has 0 aliphatic carbocycles. The molecule has 33 heavy (non-hydrogen) atoms. The lowest BCUT2D eigenvalue weighted by atomic mass is 10.2. The smallest absolute Gasteiger partial charge is 0.224 e. The van der Waals surface area contributed by atoms with Crippen LogP contribution in [0.4, 0.5) is 21.8 Å². The molecule has 1 aromatic carbocycles. The second-order valence-corrected chi connectivity index (χ2v) is 7.87. The van der Waals surface area contributed by atoms with Crippen molar-refractivity contribution in [2.24, 2.45) is 0 Å². The molecule has 0 atom stereocenters. The second kappa shape index (κ2) is 9.90. The lowest BCUT2D eigenvalue weighted by Crippen LogP contribution is -2.50. The van der Waals surface area contributed by atoms with Gasteiger partial charge < -0.3 is 20.4 Å². The first-order valence-electron chi connectivity index (χ1n) is 10.4. The summed E-state index contributed by atoms with van der Waals surface area (Å²) in [5.74, 6) is 0.251. The van der Waals surface area contributed by atoms with Crippen LogP contribution in [-0.2, 0) is 9.59 Å². The summed E-state index contributed by atoms with van der Waals surface area (Å²) in [5.41, 5.74) is 1.53.